The van der Waals surface area contributed by atoms with Crippen molar-refractivity contribution in [3.8, 4) is 5.75 Å². The molecule has 2 rings (SSSR count). The number of rotatable bonds is 9. The van der Waals surface area contributed by atoms with E-state index < -0.39 is 18.3 Å². The van der Waals surface area contributed by atoms with Gasteiger partial charge in [0.05, 0.1) is 17.5 Å². The Morgan fingerprint density at radius 2 is 1.82 bits per heavy atom. The van der Waals surface area contributed by atoms with Gasteiger partial charge in [-0.2, -0.15) is 18.3 Å². The van der Waals surface area contributed by atoms with Gasteiger partial charge in [0.2, 0.25) is 0 Å². The number of para-hydroxylation sites is 1. The summed E-state index contributed by atoms with van der Waals surface area (Å²) in [7, 11) is 0. The molecule has 0 amide bonds. The zero-order chi connectivity index (χ0) is 20.6. The van der Waals surface area contributed by atoms with E-state index in [1.165, 1.54) is 29.7 Å². The molecule has 2 aromatic carbocycles. The molecule has 0 aliphatic rings. The molecule has 0 radical (unpaired) electrons. The third-order valence-electron chi connectivity index (χ3n) is 3.65. The highest BCUT2D eigenvalue weighted by atomic mass is 32.7. The molecule has 152 valence electrons. The maximum Gasteiger partial charge on any atom is 0.416 e. The summed E-state index contributed by atoms with van der Waals surface area (Å²) in [6.45, 7) is 0.991. The normalized spacial score (nSPS) is 14.0. The maximum absolute atomic E-state index is 12.9. The Balaban J connectivity index is 2.09. The van der Waals surface area contributed by atoms with E-state index in [0.29, 0.717) is 23.2 Å². The molecule has 0 heterocycles. The summed E-state index contributed by atoms with van der Waals surface area (Å²) in [5.74, 6) is 1.20. The molecule has 0 aliphatic heterocycles. The lowest BCUT2D eigenvalue weighted by molar-refractivity contribution is -0.137. The second kappa shape index (κ2) is 10.0. The van der Waals surface area contributed by atoms with Crippen molar-refractivity contribution in [2.45, 2.75) is 26.4 Å². The van der Waals surface area contributed by atoms with Crippen LogP contribution in [0.15, 0.2) is 53.6 Å². The first-order chi connectivity index (χ1) is 13.3. The molecule has 4 nitrogen and oxygen atoms in total. The van der Waals surface area contributed by atoms with Gasteiger partial charge in [-0.3, -0.25) is 9.99 Å². The van der Waals surface area contributed by atoms with Crippen LogP contribution in [0.25, 0.3) is 0 Å². The number of benzene rings is 2. The van der Waals surface area contributed by atoms with Gasteiger partial charge in [0.25, 0.3) is 0 Å². The van der Waals surface area contributed by atoms with Crippen molar-refractivity contribution >= 4 is 29.9 Å². The summed E-state index contributed by atoms with van der Waals surface area (Å²) >= 11 is 1.33. The van der Waals surface area contributed by atoms with Crippen molar-refractivity contribution in [3.63, 3.8) is 0 Å². The predicted octanol–water partition coefficient (Wildman–Crippen LogP) is 6.89. The van der Waals surface area contributed by atoms with Crippen LogP contribution in [0, 0.1) is 0 Å². The van der Waals surface area contributed by atoms with E-state index >= 15 is 0 Å². The average molecular weight is 430 g/mol. The summed E-state index contributed by atoms with van der Waals surface area (Å²) in [5.41, 5.74) is 3.00. The summed E-state index contributed by atoms with van der Waals surface area (Å²) in [6, 6.07) is 11.6. The largest absolute Gasteiger partial charge is 0.435 e. The number of anilines is 1. The molecule has 28 heavy (non-hydrogen) atoms. The van der Waals surface area contributed by atoms with E-state index in [2.05, 4.69) is 10.5 Å². The molecule has 2 aromatic rings. The second-order valence-electron chi connectivity index (χ2n) is 5.83. The van der Waals surface area contributed by atoms with Gasteiger partial charge in [0.15, 0.2) is 0 Å². The third kappa shape index (κ3) is 6.60. The van der Waals surface area contributed by atoms with Gasteiger partial charge < -0.3 is 4.52 Å². The Labute approximate surface area is 166 Å². The first-order valence-corrected chi connectivity index (χ1v) is 12.2. The smallest absolute Gasteiger partial charge is 0.416 e. The molecule has 0 aromatic heterocycles. The highest BCUT2D eigenvalue weighted by Gasteiger charge is 2.29. The Morgan fingerprint density at radius 3 is 2.43 bits per heavy atom. The van der Waals surface area contributed by atoms with Crippen LogP contribution < -0.4 is 9.95 Å². The SMILES string of the molecule is CCCSP(=O)(CC)Oc1ccccc1C=NNc1ccc(C(F)(F)F)cc1. The fourth-order valence-corrected chi connectivity index (χ4v) is 5.76. The highest BCUT2D eigenvalue weighted by Crippen LogP contribution is 2.59. The molecular weight excluding hydrogens is 408 g/mol. The van der Waals surface area contributed by atoms with Gasteiger partial charge >= 0.3 is 12.7 Å². The molecule has 1 N–H and O–H groups in total. The van der Waals surface area contributed by atoms with E-state index in [1.54, 1.807) is 24.3 Å². The molecule has 0 fully saturated rings. The molecule has 1 atom stereocenters. The van der Waals surface area contributed by atoms with Crippen molar-refractivity contribution in [3.05, 3.63) is 59.7 Å². The lowest BCUT2D eigenvalue weighted by atomic mass is 10.2. The number of nitrogens with zero attached hydrogens (tertiary/aromatic N) is 1. The van der Waals surface area contributed by atoms with E-state index in [0.717, 1.165) is 24.3 Å². The number of nitrogens with one attached hydrogen (secondary N) is 1. The molecular formula is C19H22F3N2O2PS. The minimum absolute atomic E-state index is 0.410. The monoisotopic (exact) mass is 430 g/mol. The van der Waals surface area contributed by atoms with Crippen LogP contribution in [0.2, 0.25) is 0 Å². The van der Waals surface area contributed by atoms with E-state index in [-0.39, 0.29) is 0 Å². The molecule has 0 aliphatic carbocycles. The fraction of sp³-hybridized carbons (Fsp3) is 0.316. The zero-order valence-corrected chi connectivity index (χ0v) is 17.3. The highest BCUT2D eigenvalue weighted by molar-refractivity contribution is 8.56. The molecule has 0 bridgehead atoms. The zero-order valence-electron chi connectivity index (χ0n) is 15.6. The van der Waals surface area contributed by atoms with Crippen molar-refractivity contribution < 1.29 is 22.3 Å². The van der Waals surface area contributed by atoms with Crippen LogP contribution in [0.1, 0.15) is 31.4 Å². The summed E-state index contributed by atoms with van der Waals surface area (Å²) in [6.07, 6.45) is -1.58. The lowest BCUT2D eigenvalue weighted by Crippen LogP contribution is -2.04. The molecule has 9 heteroatoms. The minimum atomic E-state index is -4.37. The van der Waals surface area contributed by atoms with Gasteiger partial charge in [-0.25, -0.2) is 0 Å². The summed E-state index contributed by atoms with van der Waals surface area (Å²) < 4.78 is 56.4. The van der Waals surface area contributed by atoms with Gasteiger partial charge in [-0.05, 0) is 42.8 Å². The van der Waals surface area contributed by atoms with Crippen LogP contribution >= 0.6 is 18.0 Å². The first-order valence-electron chi connectivity index (χ1n) is 8.76. The van der Waals surface area contributed by atoms with Gasteiger partial charge in [-0.15, -0.1) is 0 Å². The van der Waals surface area contributed by atoms with Crippen LogP contribution in [0.5, 0.6) is 5.75 Å². The minimum Gasteiger partial charge on any atom is -0.435 e. The van der Waals surface area contributed by atoms with Gasteiger partial charge in [0, 0.05) is 17.5 Å². The topological polar surface area (TPSA) is 50.7 Å². The van der Waals surface area contributed by atoms with Crippen LogP contribution in [-0.4, -0.2) is 18.1 Å². The maximum atomic E-state index is 12.9. The van der Waals surface area contributed by atoms with Crippen LogP contribution in [-0.2, 0) is 10.7 Å². The summed E-state index contributed by atoms with van der Waals surface area (Å²) in [4.78, 5) is 0. The first kappa shape index (κ1) is 22.4. The van der Waals surface area contributed by atoms with Crippen molar-refractivity contribution in [1.82, 2.24) is 0 Å². The predicted molar refractivity (Wildman–Crippen MR) is 111 cm³/mol. The standard InChI is InChI=1S/C19H22F3N2O2PS/c1-3-13-28-27(25,4-2)26-18-8-6-5-7-15(18)14-23-24-17-11-9-16(10-12-17)19(20,21)22/h5-12,14,24H,3-4,13H2,1-2H3. The summed E-state index contributed by atoms with van der Waals surface area (Å²) in [5, 5.41) is 4.05. The molecule has 0 saturated heterocycles. The molecule has 0 saturated carbocycles. The quantitative estimate of drug-likeness (QED) is 0.267. The van der Waals surface area contributed by atoms with E-state index in [9.17, 15) is 17.7 Å². The Hall–Kier alpha value is -1.92. The number of hydrogen-bond acceptors (Lipinski definition) is 5. The molecule has 0 spiro atoms. The Morgan fingerprint density at radius 1 is 1.14 bits per heavy atom. The van der Waals surface area contributed by atoms with Crippen molar-refractivity contribution in [2.24, 2.45) is 5.10 Å². The van der Waals surface area contributed by atoms with E-state index in [4.69, 9.17) is 4.52 Å². The average Bonchev–Trinajstić information content (AvgIpc) is 2.67. The number of alkyl halides is 3. The van der Waals surface area contributed by atoms with Crippen LogP contribution in [0.3, 0.4) is 0 Å². The van der Waals surface area contributed by atoms with Gasteiger partial charge in [0.1, 0.15) is 5.75 Å². The molecule has 1 unspecified atom stereocenters. The Bertz CT molecular complexity index is 842. The lowest BCUT2D eigenvalue weighted by Gasteiger charge is -2.18. The number of hydrogen-bond donors (Lipinski definition) is 1. The third-order valence-corrected chi connectivity index (χ3v) is 8.61. The second-order valence-corrected chi connectivity index (χ2v) is 11.0. The van der Waals surface area contributed by atoms with E-state index in [1.807, 2.05) is 13.8 Å². The number of hydrazone groups is 1. The Kier molecular flexibility index (Phi) is 8.01. The van der Waals surface area contributed by atoms with Crippen molar-refractivity contribution in [2.75, 3.05) is 17.3 Å². The van der Waals surface area contributed by atoms with Gasteiger partial charge in [-0.1, -0.05) is 37.4 Å². The number of halogens is 3. The van der Waals surface area contributed by atoms with Crippen molar-refractivity contribution in [1.29, 1.82) is 0 Å². The fourth-order valence-electron chi connectivity index (χ4n) is 2.14. The van der Waals surface area contributed by atoms with Crippen LogP contribution in [0.4, 0.5) is 18.9 Å².